The first-order chi connectivity index (χ1) is 9.42. The number of ether oxygens (including phenoxy) is 1. The molecule has 0 saturated carbocycles. The van der Waals surface area contributed by atoms with Gasteiger partial charge in [-0.3, -0.25) is 9.59 Å². The summed E-state index contributed by atoms with van der Waals surface area (Å²) < 4.78 is 4.62. The molecular weight excluding hydrogens is 264 g/mol. The Labute approximate surface area is 118 Å². The summed E-state index contributed by atoms with van der Waals surface area (Å²) in [6.45, 7) is 2.07. The van der Waals surface area contributed by atoms with Crippen LogP contribution in [0, 0.1) is 0 Å². The molecule has 0 unspecified atom stereocenters. The maximum Gasteiger partial charge on any atom is 0.328 e. The predicted molar refractivity (Wildman–Crippen MR) is 72.9 cm³/mol. The summed E-state index contributed by atoms with van der Waals surface area (Å²) in [4.78, 5) is 33.7. The second-order valence-electron chi connectivity index (χ2n) is 4.64. The summed E-state index contributed by atoms with van der Waals surface area (Å²) in [5, 5.41) is 11.0. The first kappa shape index (κ1) is 18.4. The van der Waals surface area contributed by atoms with Crippen molar-refractivity contribution in [3.8, 4) is 0 Å². The highest BCUT2D eigenvalue weighted by molar-refractivity contribution is 5.89. The molecule has 0 radical (unpaired) electrons. The lowest BCUT2D eigenvalue weighted by atomic mass is 10.1. The van der Waals surface area contributed by atoms with E-state index in [9.17, 15) is 14.4 Å². The maximum absolute atomic E-state index is 11.7. The number of hydrogen-bond acceptors (Lipinski definition) is 5. The van der Waals surface area contributed by atoms with E-state index in [-0.39, 0.29) is 0 Å². The Balaban J connectivity index is 4.37. The van der Waals surface area contributed by atoms with Crippen LogP contribution < -0.4 is 11.1 Å². The third-order valence-corrected chi connectivity index (χ3v) is 2.88. The van der Waals surface area contributed by atoms with Crippen molar-refractivity contribution in [2.24, 2.45) is 5.73 Å². The van der Waals surface area contributed by atoms with Crippen molar-refractivity contribution in [1.29, 1.82) is 0 Å². The molecular formula is C13H24N2O5. The number of amides is 1. The van der Waals surface area contributed by atoms with Crippen LogP contribution in [0.2, 0.25) is 0 Å². The third kappa shape index (κ3) is 7.73. The van der Waals surface area contributed by atoms with Gasteiger partial charge in [0.1, 0.15) is 6.04 Å². The average molecular weight is 288 g/mol. The predicted octanol–water partition coefficient (Wildman–Crippen LogP) is 0.417. The Hall–Kier alpha value is -1.63. The van der Waals surface area contributed by atoms with Gasteiger partial charge < -0.3 is 20.9 Å². The molecule has 0 rings (SSSR count). The van der Waals surface area contributed by atoms with Crippen LogP contribution in [0.3, 0.4) is 0 Å². The number of nitrogens with one attached hydrogen (secondary N) is 1. The number of methoxy groups -OCH3 is 1. The van der Waals surface area contributed by atoms with Gasteiger partial charge in [0.25, 0.3) is 0 Å². The Morgan fingerprint density at radius 1 is 1.25 bits per heavy atom. The molecule has 7 heteroatoms. The molecule has 0 aliphatic rings. The number of carboxylic acid groups (broad SMARTS) is 1. The minimum Gasteiger partial charge on any atom is -0.481 e. The molecule has 0 saturated heterocycles. The Kier molecular flexibility index (Phi) is 9.36. The van der Waals surface area contributed by atoms with Crippen molar-refractivity contribution in [1.82, 2.24) is 5.32 Å². The Morgan fingerprint density at radius 2 is 1.90 bits per heavy atom. The second-order valence-corrected chi connectivity index (χ2v) is 4.64. The molecule has 0 aliphatic carbocycles. The van der Waals surface area contributed by atoms with Crippen LogP contribution in [0.25, 0.3) is 0 Å². The average Bonchev–Trinajstić information content (AvgIpc) is 2.40. The summed E-state index contributed by atoms with van der Waals surface area (Å²) in [6, 6.07) is -1.94. The molecule has 0 bridgehead atoms. The van der Waals surface area contributed by atoms with E-state index in [1.54, 1.807) is 0 Å². The minimum atomic E-state index is -1.17. The Bertz CT molecular complexity index is 333. The van der Waals surface area contributed by atoms with Gasteiger partial charge in [-0.2, -0.15) is 0 Å². The van der Waals surface area contributed by atoms with E-state index in [1.165, 1.54) is 7.11 Å². The first-order valence-corrected chi connectivity index (χ1v) is 6.77. The highest BCUT2D eigenvalue weighted by Gasteiger charge is 2.25. The summed E-state index contributed by atoms with van der Waals surface area (Å²) in [5.41, 5.74) is 5.44. The normalized spacial score (nSPS) is 13.3. The standard InChI is InChI=1S/C13H24N2O5/c1-3-4-5-6-7-10(13(19)20-2)15-12(18)9(14)8-11(16)17/h9-10H,3-8,14H2,1-2H3,(H,15,18)(H,16,17)/t9-,10+/m0/s1. The zero-order valence-corrected chi connectivity index (χ0v) is 12.1. The molecule has 0 aromatic heterocycles. The van der Waals surface area contributed by atoms with E-state index >= 15 is 0 Å². The van der Waals surface area contributed by atoms with E-state index < -0.39 is 36.4 Å². The largest absolute Gasteiger partial charge is 0.481 e. The monoisotopic (exact) mass is 288 g/mol. The Morgan fingerprint density at radius 3 is 2.40 bits per heavy atom. The zero-order chi connectivity index (χ0) is 15.5. The maximum atomic E-state index is 11.7. The summed E-state index contributed by atoms with van der Waals surface area (Å²) >= 11 is 0. The molecule has 0 aliphatic heterocycles. The molecule has 0 aromatic carbocycles. The van der Waals surface area contributed by atoms with E-state index in [0.717, 1.165) is 25.7 Å². The fourth-order valence-corrected chi connectivity index (χ4v) is 1.73. The van der Waals surface area contributed by atoms with Gasteiger partial charge in [0.15, 0.2) is 0 Å². The van der Waals surface area contributed by atoms with Gasteiger partial charge in [-0.1, -0.05) is 32.6 Å². The van der Waals surface area contributed by atoms with Crippen LogP contribution in [0.4, 0.5) is 0 Å². The van der Waals surface area contributed by atoms with Gasteiger partial charge in [0.2, 0.25) is 5.91 Å². The highest BCUT2D eigenvalue weighted by Crippen LogP contribution is 2.07. The van der Waals surface area contributed by atoms with Crippen LogP contribution in [0.5, 0.6) is 0 Å². The van der Waals surface area contributed by atoms with Crippen molar-refractivity contribution >= 4 is 17.8 Å². The molecule has 4 N–H and O–H groups in total. The number of hydrogen-bond donors (Lipinski definition) is 3. The fourth-order valence-electron chi connectivity index (χ4n) is 1.73. The first-order valence-electron chi connectivity index (χ1n) is 6.77. The zero-order valence-electron chi connectivity index (χ0n) is 12.1. The summed E-state index contributed by atoms with van der Waals surface area (Å²) in [6.07, 6.45) is 3.84. The van der Waals surface area contributed by atoms with E-state index in [0.29, 0.717) is 6.42 Å². The molecule has 2 atom stereocenters. The number of carboxylic acids is 1. The molecule has 20 heavy (non-hydrogen) atoms. The second kappa shape index (κ2) is 10.2. The van der Waals surface area contributed by atoms with Gasteiger partial charge in [0.05, 0.1) is 19.6 Å². The number of carbonyl (C=O) groups is 3. The van der Waals surface area contributed by atoms with E-state index in [2.05, 4.69) is 17.0 Å². The summed E-state index contributed by atoms with van der Waals surface area (Å²) in [5.74, 6) is -2.36. The smallest absolute Gasteiger partial charge is 0.328 e. The van der Waals surface area contributed by atoms with Crippen molar-refractivity contribution in [2.75, 3.05) is 7.11 Å². The van der Waals surface area contributed by atoms with Gasteiger partial charge in [-0.05, 0) is 6.42 Å². The van der Waals surface area contributed by atoms with Gasteiger partial charge >= 0.3 is 11.9 Å². The van der Waals surface area contributed by atoms with Crippen LogP contribution in [-0.4, -0.2) is 42.1 Å². The lowest BCUT2D eigenvalue weighted by Crippen LogP contribution is -2.49. The molecule has 116 valence electrons. The third-order valence-electron chi connectivity index (χ3n) is 2.88. The number of unbranched alkanes of at least 4 members (excludes halogenated alkanes) is 3. The number of esters is 1. The SMILES string of the molecule is CCCCCC[C@@H](NC(=O)[C@@H](N)CC(=O)O)C(=O)OC. The fraction of sp³-hybridized carbons (Fsp3) is 0.769. The van der Waals surface area contributed by atoms with Crippen LogP contribution in [0.15, 0.2) is 0 Å². The van der Waals surface area contributed by atoms with Crippen LogP contribution in [0.1, 0.15) is 45.4 Å². The van der Waals surface area contributed by atoms with Gasteiger partial charge in [0, 0.05) is 0 Å². The lowest BCUT2D eigenvalue weighted by molar-refractivity contribution is -0.145. The van der Waals surface area contributed by atoms with E-state index in [1.807, 2.05) is 0 Å². The van der Waals surface area contributed by atoms with Gasteiger partial charge in [-0.15, -0.1) is 0 Å². The van der Waals surface area contributed by atoms with Crippen molar-refractivity contribution in [2.45, 2.75) is 57.5 Å². The number of rotatable bonds is 10. The molecule has 0 fully saturated rings. The van der Waals surface area contributed by atoms with Crippen LogP contribution in [-0.2, 0) is 19.1 Å². The van der Waals surface area contributed by atoms with Crippen LogP contribution >= 0.6 is 0 Å². The van der Waals surface area contributed by atoms with Crippen molar-refractivity contribution in [3.05, 3.63) is 0 Å². The van der Waals surface area contributed by atoms with Crippen molar-refractivity contribution in [3.63, 3.8) is 0 Å². The molecule has 0 spiro atoms. The minimum absolute atomic E-state index is 0.457. The topological polar surface area (TPSA) is 119 Å². The molecule has 0 heterocycles. The molecule has 7 nitrogen and oxygen atoms in total. The number of nitrogens with two attached hydrogens (primary N) is 1. The van der Waals surface area contributed by atoms with Crippen molar-refractivity contribution < 1.29 is 24.2 Å². The van der Waals surface area contributed by atoms with E-state index in [4.69, 9.17) is 10.8 Å². The summed E-state index contributed by atoms with van der Waals surface area (Å²) in [7, 11) is 1.24. The highest BCUT2D eigenvalue weighted by atomic mass is 16.5. The quantitative estimate of drug-likeness (QED) is 0.396. The lowest BCUT2D eigenvalue weighted by Gasteiger charge is -2.18. The number of carbonyl (C=O) groups excluding carboxylic acids is 2. The molecule has 0 aromatic rings. The molecule has 1 amide bonds. The van der Waals surface area contributed by atoms with Gasteiger partial charge in [-0.25, -0.2) is 4.79 Å². The number of aliphatic carboxylic acids is 1.